The maximum Gasteiger partial charge on any atom is 0.203 e. The average Bonchev–Trinajstić information content (AvgIpc) is 2.81. The Bertz CT molecular complexity index is 639. The van der Waals surface area contributed by atoms with Crippen LogP contribution < -0.4 is 9.47 Å². The Balaban J connectivity index is 1.76. The van der Waals surface area contributed by atoms with Gasteiger partial charge in [0.15, 0.2) is 0 Å². The van der Waals surface area contributed by atoms with Crippen molar-refractivity contribution in [3.05, 3.63) is 40.9 Å². The van der Waals surface area contributed by atoms with Gasteiger partial charge in [0.25, 0.3) is 0 Å². The predicted octanol–water partition coefficient (Wildman–Crippen LogP) is 3.71. The lowest BCUT2D eigenvalue weighted by Crippen LogP contribution is -2.18. The van der Waals surface area contributed by atoms with Gasteiger partial charge in [0, 0.05) is 18.3 Å². The highest BCUT2D eigenvalue weighted by atomic mass is 35.5. The van der Waals surface area contributed by atoms with E-state index < -0.39 is 0 Å². The van der Waals surface area contributed by atoms with Gasteiger partial charge in [-0.3, -0.25) is 0 Å². The fraction of sp³-hybridized carbons (Fsp3) is 0.438. The van der Waals surface area contributed by atoms with E-state index in [1.54, 1.807) is 7.11 Å². The lowest BCUT2D eigenvalue weighted by molar-refractivity contribution is 0.295. The number of rotatable bonds is 4. The monoisotopic (exact) mass is 306 g/mol. The van der Waals surface area contributed by atoms with E-state index >= 15 is 0 Å². The van der Waals surface area contributed by atoms with Gasteiger partial charge >= 0.3 is 0 Å². The summed E-state index contributed by atoms with van der Waals surface area (Å²) in [4.78, 5) is 4.46. The first kappa shape index (κ1) is 14.3. The molecule has 21 heavy (non-hydrogen) atoms. The molecule has 0 aliphatic carbocycles. The Labute approximate surface area is 129 Å². The molecule has 1 aromatic heterocycles. The van der Waals surface area contributed by atoms with Gasteiger partial charge in [-0.25, -0.2) is 4.98 Å². The summed E-state index contributed by atoms with van der Waals surface area (Å²) >= 11 is 6.22. The summed E-state index contributed by atoms with van der Waals surface area (Å²) in [6.07, 6.45) is 2.16. The second kappa shape index (κ2) is 5.98. The Morgan fingerprint density at radius 1 is 1.38 bits per heavy atom. The Kier molecular flexibility index (Phi) is 4.06. The Morgan fingerprint density at radius 3 is 3.00 bits per heavy atom. The first-order valence-corrected chi connectivity index (χ1v) is 7.56. The zero-order chi connectivity index (χ0) is 14.8. The van der Waals surface area contributed by atoms with E-state index in [-0.39, 0.29) is 0 Å². The number of methoxy groups -OCH3 is 1. The van der Waals surface area contributed by atoms with E-state index in [1.807, 2.05) is 24.3 Å². The quantitative estimate of drug-likeness (QED) is 0.864. The molecule has 1 unspecified atom stereocenters. The highest BCUT2D eigenvalue weighted by Crippen LogP contribution is 2.28. The SMILES string of the molecule is COc1cccc(OCc2nc(Cl)n3c2CC(C)CC3)c1. The highest BCUT2D eigenvalue weighted by molar-refractivity contribution is 6.28. The Morgan fingerprint density at radius 2 is 2.19 bits per heavy atom. The molecule has 1 aliphatic heterocycles. The molecule has 0 radical (unpaired) electrons. The summed E-state index contributed by atoms with van der Waals surface area (Å²) in [5.74, 6) is 2.22. The molecule has 0 bridgehead atoms. The fourth-order valence-corrected chi connectivity index (χ4v) is 2.99. The van der Waals surface area contributed by atoms with Gasteiger partial charge in [0.1, 0.15) is 23.8 Å². The maximum absolute atomic E-state index is 6.22. The number of ether oxygens (including phenoxy) is 2. The number of benzene rings is 1. The van der Waals surface area contributed by atoms with Crippen LogP contribution in [0.15, 0.2) is 24.3 Å². The molecule has 0 spiro atoms. The van der Waals surface area contributed by atoms with E-state index in [4.69, 9.17) is 21.1 Å². The zero-order valence-corrected chi connectivity index (χ0v) is 13.1. The van der Waals surface area contributed by atoms with Gasteiger partial charge in [-0.1, -0.05) is 13.0 Å². The number of hydrogen-bond acceptors (Lipinski definition) is 3. The number of hydrogen-bond donors (Lipinski definition) is 0. The van der Waals surface area contributed by atoms with Gasteiger partial charge in [-0.2, -0.15) is 0 Å². The minimum absolute atomic E-state index is 0.432. The summed E-state index contributed by atoms with van der Waals surface area (Å²) in [6.45, 7) is 3.64. The molecule has 1 aliphatic rings. The van der Waals surface area contributed by atoms with Crippen molar-refractivity contribution in [1.82, 2.24) is 9.55 Å². The third-order valence-corrected chi connectivity index (χ3v) is 4.20. The van der Waals surface area contributed by atoms with Crippen LogP contribution in [0.25, 0.3) is 0 Å². The topological polar surface area (TPSA) is 36.3 Å². The molecule has 112 valence electrons. The number of fused-ring (bicyclic) bond motifs is 1. The van der Waals surface area contributed by atoms with Crippen LogP contribution in [0.4, 0.5) is 0 Å². The summed E-state index contributed by atoms with van der Waals surface area (Å²) in [5, 5.41) is 0.571. The minimum atomic E-state index is 0.432. The summed E-state index contributed by atoms with van der Waals surface area (Å²) in [7, 11) is 1.64. The van der Waals surface area contributed by atoms with Crippen LogP contribution in [0.5, 0.6) is 11.5 Å². The molecule has 0 saturated heterocycles. The van der Waals surface area contributed by atoms with Gasteiger partial charge in [0.2, 0.25) is 5.28 Å². The summed E-state index contributed by atoms with van der Waals surface area (Å²) < 4.78 is 13.1. The lowest BCUT2D eigenvalue weighted by Gasteiger charge is -2.21. The predicted molar refractivity (Wildman–Crippen MR) is 82.0 cm³/mol. The van der Waals surface area contributed by atoms with Crippen molar-refractivity contribution in [1.29, 1.82) is 0 Å². The molecular weight excluding hydrogens is 288 g/mol. The Hall–Kier alpha value is -1.68. The molecule has 2 heterocycles. The van der Waals surface area contributed by atoms with Crippen molar-refractivity contribution in [3.8, 4) is 11.5 Å². The molecule has 5 heteroatoms. The minimum Gasteiger partial charge on any atom is -0.497 e. The zero-order valence-electron chi connectivity index (χ0n) is 12.3. The van der Waals surface area contributed by atoms with E-state index in [0.29, 0.717) is 17.8 Å². The van der Waals surface area contributed by atoms with Gasteiger partial charge in [0.05, 0.1) is 7.11 Å². The van der Waals surface area contributed by atoms with Crippen molar-refractivity contribution in [3.63, 3.8) is 0 Å². The molecule has 2 aromatic rings. The fourth-order valence-electron chi connectivity index (χ4n) is 2.70. The smallest absolute Gasteiger partial charge is 0.203 e. The van der Waals surface area contributed by atoms with E-state index in [0.717, 1.165) is 36.6 Å². The van der Waals surface area contributed by atoms with Crippen molar-refractivity contribution in [2.24, 2.45) is 5.92 Å². The normalized spacial score (nSPS) is 17.4. The second-order valence-corrected chi connectivity index (χ2v) is 5.83. The van der Waals surface area contributed by atoms with Gasteiger partial charge in [-0.15, -0.1) is 0 Å². The van der Waals surface area contributed by atoms with Crippen LogP contribution in [0.2, 0.25) is 5.28 Å². The molecule has 0 amide bonds. The molecule has 0 N–H and O–H groups in total. The van der Waals surface area contributed by atoms with Crippen molar-refractivity contribution in [2.45, 2.75) is 32.9 Å². The molecule has 0 fully saturated rings. The van der Waals surface area contributed by atoms with Crippen LogP contribution in [0.1, 0.15) is 24.7 Å². The third kappa shape index (κ3) is 3.00. The van der Waals surface area contributed by atoms with E-state index in [9.17, 15) is 0 Å². The van der Waals surface area contributed by atoms with Crippen LogP contribution in [-0.2, 0) is 19.6 Å². The first-order chi connectivity index (χ1) is 10.2. The molecular formula is C16H19ClN2O2. The van der Waals surface area contributed by atoms with Gasteiger partial charge in [-0.05, 0) is 42.5 Å². The standard InChI is InChI=1S/C16H19ClN2O2/c1-11-6-7-19-15(8-11)14(18-16(19)17)10-21-13-5-3-4-12(9-13)20-2/h3-5,9,11H,6-8,10H2,1-2H3. The van der Waals surface area contributed by atoms with Crippen LogP contribution in [-0.4, -0.2) is 16.7 Å². The first-order valence-electron chi connectivity index (χ1n) is 7.18. The molecule has 3 rings (SSSR count). The summed E-state index contributed by atoms with van der Waals surface area (Å²) in [6, 6.07) is 7.58. The molecule has 0 saturated carbocycles. The van der Waals surface area contributed by atoms with E-state index in [1.165, 1.54) is 5.69 Å². The van der Waals surface area contributed by atoms with E-state index in [2.05, 4.69) is 16.5 Å². The number of aromatic nitrogens is 2. The van der Waals surface area contributed by atoms with Crippen molar-refractivity contribution < 1.29 is 9.47 Å². The summed E-state index contributed by atoms with van der Waals surface area (Å²) in [5.41, 5.74) is 2.15. The molecule has 4 nitrogen and oxygen atoms in total. The van der Waals surface area contributed by atoms with Crippen LogP contribution >= 0.6 is 11.6 Å². The van der Waals surface area contributed by atoms with Gasteiger partial charge < -0.3 is 14.0 Å². The number of imidazole rings is 1. The van der Waals surface area contributed by atoms with Crippen LogP contribution in [0, 0.1) is 5.92 Å². The third-order valence-electron chi connectivity index (χ3n) is 3.91. The largest absolute Gasteiger partial charge is 0.497 e. The second-order valence-electron chi connectivity index (χ2n) is 5.49. The molecule has 1 atom stereocenters. The number of nitrogens with zero attached hydrogens (tertiary/aromatic N) is 2. The maximum atomic E-state index is 6.22. The molecule has 1 aromatic carbocycles. The van der Waals surface area contributed by atoms with Crippen molar-refractivity contribution >= 4 is 11.6 Å². The van der Waals surface area contributed by atoms with Crippen molar-refractivity contribution in [2.75, 3.05) is 7.11 Å². The average molecular weight is 307 g/mol. The number of halogens is 1. The lowest BCUT2D eigenvalue weighted by atomic mass is 9.97. The highest BCUT2D eigenvalue weighted by Gasteiger charge is 2.22. The van der Waals surface area contributed by atoms with Crippen LogP contribution in [0.3, 0.4) is 0 Å².